The fourth-order valence-corrected chi connectivity index (χ4v) is 1.67. The molecule has 0 unspecified atom stereocenters. The highest BCUT2D eigenvalue weighted by Gasteiger charge is 2.11. The molecule has 0 atom stereocenters. The quantitative estimate of drug-likeness (QED) is 0.725. The second-order valence-corrected chi connectivity index (χ2v) is 4.14. The van der Waals surface area contributed by atoms with E-state index in [9.17, 15) is 4.79 Å². The maximum Gasteiger partial charge on any atom is 0.131 e. The minimum absolute atomic E-state index is 0.146. The van der Waals surface area contributed by atoms with Crippen LogP contribution in [0.3, 0.4) is 0 Å². The van der Waals surface area contributed by atoms with Crippen molar-refractivity contribution in [3.8, 4) is 0 Å². The van der Waals surface area contributed by atoms with Gasteiger partial charge in [0.05, 0.1) is 5.92 Å². The Kier molecular flexibility index (Phi) is 6.49. The summed E-state index contributed by atoms with van der Waals surface area (Å²) in [6.45, 7) is 4.25. The van der Waals surface area contributed by atoms with Gasteiger partial charge in [-0.05, 0) is 11.1 Å². The molecule has 1 nitrogen and oxygen atoms in total. The first-order valence-corrected chi connectivity index (χ1v) is 6.38. The Morgan fingerprint density at radius 2 is 1.17 bits per heavy atom. The van der Waals surface area contributed by atoms with Crippen LogP contribution >= 0.6 is 0 Å². The number of hydrogen-bond donors (Lipinski definition) is 0. The van der Waals surface area contributed by atoms with E-state index in [2.05, 4.69) is 13.8 Å². The molecule has 2 rings (SSSR count). The molecule has 2 aromatic carbocycles. The van der Waals surface area contributed by atoms with E-state index >= 15 is 0 Å². The fraction of sp³-hybridized carbons (Fsp3) is 0.235. The summed E-state index contributed by atoms with van der Waals surface area (Å²) in [6.07, 6.45) is 2.24. The van der Waals surface area contributed by atoms with E-state index in [1.54, 1.807) is 0 Å². The molecular weight excluding hydrogens is 220 g/mol. The molecule has 0 aliphatic heterocycles. The Bertz CT molecular complexity index is 394. The monoisotopic (exact) mass is 240 g/mol. The molecule has 0 aliphatic rings. The largest absolute Gasteiger partial charge is 0.302 e. The SMILES string of the molecule is CCC.O=CC(c1ccccc1)c1ccccc1. The van der Waals surface area contributed by atoms with Gasteiger partial charge in [-0.1, -0.05) is 80.9 Å². The summed E-state index contributed by atoms with van der Waals surface area (Å²) in [5, 5.41) is 0. The molecule has 94 valence electrons. The van der Waals surface area contributed by atoms with Gasteiger partial charge < -0.3 is 4.79 Å². The molecule has 0 fully saturated rings. The van der Waals surface area contributed by atoms with Gasteiger partial charge in [0.2, 0.25) is 0 Å². The van der Waals surface area contributed by atoms with Gasteiger partial charge in [0.1, 0.15) is 6.29 Å². The number of carbonyl (C=O) groups is 1. The number of benzene rings is 2. The molecule has 0 heterocycles. The van der Waals surface area contributed by atoms with E-state index in [0.29, 0.717) is 0 Å². The zero-order valence-electron chi connectivity index (χ0n) is 11.0. The summed E-state index contributed by atoms with van der Waals surface area (Å²) < 4.78 is 0. The first-order valence-electron chi connectivity index (χ1n) is 6.38. The van der Waals surface area contributed by atoms with Gasteiger partial charge in [-0.25, -0.2) is 0 Å². The molecule has 0 bridgehead atoms. The smallest absolute Gasteiger partial charge is 0.131 e. The Balaban J connectivity index is 0.000000492. The maximum absolute atomic E-state index is 11.1. The molecule has 0 aromatic heterocycles. The van der Waals surface area contributed by atoms with Crippen molar-refractivity contribution in [2.45, 2.75) is 26.2 Å². The van der Waals surface area contributed by atoms with Crippen LogP contribution < -0.4 is 0 Å². The zero-order valence-corrected chi connectivity index (χ0v) is 11.0. The number of aldehydes is 1. The van der Waals surface area contributed by atoms with Crippen molar-refractivity contribution in [3.63, 3.8) is 0 Å². The molecule has 0 radical (unpaired) electrons. The third-order valence-corrected chi connectivity index (χ3v) is 2.45. The second-order valence-electron chi connectivity index (χ2n) is 4.14. The lowest BCUT2D eigenvalue weighted by Crippen LogP contribution is -2.01. The van der Waals surface area contributed by atoms with E-state index in [1.165, 1.54) is 6.42 Å². The first kappa shape index (κ1) is 14.2. The zero-order chi connectivity index (χ0) is 13.2. The van der Waals surface area contributed by atoms with Crippen LogP contribution in [0.4, 0.5) is 0 Å². The molecule has 0 saturated heterocycles. The average molecular weight is 240 g/mol. The van der Waals surface area contributed by atoms with Crippen LogP contribution in [-0.4, -0.2) is 6.29 Å². The van der Waals surface area contributed by atoms with Gasteiger partial charge in [-0.15, -0.1) is 0 Å². The van der Waals surface area contributed by atoms with Crippen molar-refractivity contribution < 1.29 is 4.79 Å². The van der Waals surface area contributed by atoms with E-state index in [-0.39, 0.29) is 5.92 Å². The molecule has 18 heavy (non-hydrogen) atoms. The van der Waals surface area contributed by atoms with Gasteiger partial charge in [0.25, 0.3) is 0 Å². The highest BCUT2D eigenvalue weighted by Crippen LogP contribution is 2.21. The Hall–Kier alpha value is -1.89. The molecular formula is C17H20O. The molecule has 0 saturated carbocycles. The summed E-state index contributed by atoms with van der Waals surface area (Å²) in [7, 11) is 0. The topological polar surface area (TPSA) is 17.1 Å². The van der Waals surface area contributed by atoms with Crippen LogP contribution in [0.1, 0.15) is 37.3 Å². The number of carbonyl (C=O) groups excluding carboxylic acids is 1. The summed E-state index contributed by atoms with van der Waals surface area (Å²) in [5.74, 6) is -0.146. The summed E-state index contributed by atoms with van der Waals surface area (Å²) in [6, 6.07) is 19.6. The van der Waals surface area contributed by atoms with Gasteiger partial charge in [0.15, 0.2) is 0 Å². The first-order chi connectivity index (χ1) is 8.83. The van der Waals surface area contributed by atoms with Crippen molar-refractivity contribution >= 4 is 6.29 Å². The lowest BCUT2D eigenvalue weighted by atomic mass is 9.93. The molecule has 1 heteroatoms. The maximum atomic E-state index is 11.1. The molecule has 0 spiro atoms. The van der Waals surface area contributed by atoms with E-state index < -0.39 is 0 Å². The summed E-state index contributed by atoms with van der Waals surface area (Å²) >= 11 is 0. The molecule has 2 aromatic rings. The lowest BCUT2D eigenvalue weighted by molar-refractivity contribution is -0.108. The normalized spacial score (nSPS) is 9.50. The minimum Gasteiger partial charge on any atom is -0.302 e. The van der Waals surface area contributed by atoms with Crippen LogP contribution in [-0.2, 0) is 4.79 Å². The predicted octanol–water partition coefficient (Wildman–Crippen LogP) is 4.43. The number of rotatable bonds is 3. The Morgan fingerprint density at radius 3 is 1.44 bits per heavy atom. The van der Waals surface area contributed by atoms with Gasteiger partial charge in [-0.2, -0.15) is 0 Å². The van der Waals surface area contributed by atoms with E-state index in [4.69, 9.17) is 0 Å². The van der Waals surface area contributed by atoms with E-state index in [1.807, 2.05) is 60.7 Å². The summed E-state index contributed by atoms with van der Waals surface area (Å²) in [5.41, 5.74) is 2.08. The van der Waals surface area contributed by atoms with Crippen LogP contribution in [0.5, 0.6) is 0 Å². The van der Waals surface area contributed by atoms with Gasteiger partial charge in [0, 0.05) is 0 Å². The third-order valence-electron chi connectivity index (χ3n) is 2.45. The van der Waals surface area contributed by atoms with Crippen LogP contribution in [0.15, 0.2) is 60.7 Å². The standard InChI is InChI=1S/C14H12O.C3H8/c15-11-14(12-7-3-1-4-8-12)13-9-5-2-6-10-13;1-3-2/h1-11,14H;3H2,1-2H3. The van der Waals surface area contributed by atoms with Crippen LogP contribution in [0.2, 0.25) is 0 Å². The highest BCUT2D eigenvalue weighted by molar-refractivity contribution is 5.68. The molecule has 0 aliphatic carbocycles. The second kappa shape index (κ2) is 8.24. The van der Waals surface area contributed by atoms with Crippen molar-refractivity contribution in [1.29, 1.82) is 0 Å². The van der Waals surface area contributed by atoms with Crippen molar-refractivity contribution in [1.82, 2.24) is 0 Å². The third kappa shape index (κ3) is 4.17. The van der Waals surface area contributed by atoms with E-state index in [0.717, 1.165) is 17.4 Å². The molecule has 0 amide bonds. The Morgan fingerprint density at radius 1 is 0.833 bits per heavy atom. The van der Waals surface area contributed by atoms with Crippen LogP contribution in [0.25, 0.3) is 0 Å². The van der Waals surface area contributed by atoms with Gasteiger partial charge >= 0.3 is 0 Å². The fourth-order valence-electron chi connectivity index (χ4n) is 1.67. The van der Waals surface area contributed by atoms with Crippen molar-refractivity contribution in [2.75, 3.05) is 0 Å². The Labute approximate surface area is 109 Å². The minimum atomic E-state index is -0.146. The number of hydrogen-bond acceptors (Lipinski definition) is 1. The van der Waals surface area contributed by atoms with Crippen molar-refractivity contribution in [3.05, 3.63) is 71.8 Å². The molecule has 0 N–H and O–H groups in total. The summed E-state index contributed by atoms with van der Waals surface area (Å²) in [4.78, 5) is 11.1. The predicted molar refractivity (Wildman–Crippen MR) is 76.8 cm³/mol. The lowest BCUT2D eigenvalue weighted by Gasteiger charge is -2.10. The van der Waals surface area contributed by atoms with Gasteiger partial charge in [-0.3, -0.25) is 0 Å². The van der Waals surface area contributed by atoms with Crippen molar-refractivity contribution in [2.24, 2.45) is 0 Å². The van der Waals surface area contributed by atoms with Crippen LogP contribution in [0, 0.1) is 0 Å². The highest BCUT2D eigenvalue weighted by atomic mass is 16.1. The average Bonchev–Trinajstić information content (AvgIpc) is 2.43.